The fourth-order valence-corrected chi connectivity index (χ4v) is 1.99. The van der Waals surface area contributed by atoms with Gasteiger partial charge in [0.15, 0.2) is 0 Å². The lowest BCUT2D eigenvalue weighted by atomic mass is 10.1. The van der Waals surface area contributed by atoms with Gasteiger partial charge in [0, 0.05) is 32.2 Å². The molecule has 0 saturated carbocycles. The first-order valence-corrected chi connectivity index (χ1v) is 5.12. The molecule has 13 heavy (non-hydrogen) atoms. The van der Waals surface area contributed by atoms with Gasteiger partial charge in [-0.2, -0.15) is 0 Å². The molecule has 1 atom stereocenters. The molecule has 2 heteroatoms. The Morgan fingerprint density at radius 1 is 1.08 bits per heavy atom. The third kappa shape index (κ3) is 2.20. The molecule has 1 heterocycles. The van der Waals surface area contributed by atoms with Crippen molar-refractivity contribution in [1.29, 1.82) is 0 Å². The summed E-state index contributed by atoms with van der Waals surface area (Å²) >= 11 is 0. The van der Waals surface area contributed by atoms with Gasteiger partial charge < -0.3 is 4.90 Å². The molecule has 1 aliphatic carbocycles. The first-order chi connectivity index (χ1) is 6.36. The second kappa shape index (κ2) is 4.07. The second-order valence-corrected chi connectivity index (χ2v) is 3.96. The zero-order valence-corrected chi connectivity index (χ0v) is 8.32. The van der Waals surface area contributed by atoms with Gasteiger partial charge in [-0.3, -0.25) is 4.90 Å². The highest BCUT2D eigenvalue weighted by Crippen LogP contribution is 2.13. The van der Waals surface area contributed by atoms with E-state index in [4.69, 9.17) is 0 Å². The largest absolute Gasteiger partial charge is 0.304 e. The van der Waals surface area contributed by atoms with Crippen molar-refractivity contribution in [2.75, 3.05) is 33.2 Å². The van der Waals surface area contributed by atoms with Crippen LogP contribution in [-0.4, -0.2) is 49.1 Å². The van der Waals surface area contributed by atoms with Crippen LogP contribution < -0.4 is 0 Å². The van der Waals surface area contributed by atoms with Crippen LogP contribution in [0.4, 0.5) is 0 Å². The maximum absolute atomic E-state index is 2.58. The first kappa shape index (κ1) is 8.97. The van der Waals surface area contributed by atoms with Crippen molar-refractivity contribution in [3.8, 4) is 0 Å². The van der Waals surface area contributed by atoms with Gasteiger partial charge in [-0.25, -0.2) is 0 Å². The van der Waals surface area contributed by atoms with Crippen LogP contribution in [0, 0.1) is 0 Å². The third-order valence-corrected chi connectivity index (χ3v) is 2.96. The molecule has 72 valence electrons. The van der Waals surface area contributed by atoms with E-state index in [9.17, 15) is 0 Å². The highest BCUT2D eigenvalue weighted by molar-refractivity contribution is 5.14. The van der Waals surface area contributed by atoms with Crippen LogP contribution in [0.2, 0.25) is 0 Å². The van der Waals surface area contributed by atoms with Gasteiger partial charge in [0.2, 0.25) is 0 Å². The Kier molecular flexibility index (Phi) is 2.81. The van der Waals surface area contributed by atoms with E-state index < -0.39 is 0 Å². The summed E-state index contributed by atoms with van der Waals surface area (Å²) in [7, 11) is 2.20. The second-order valence-electron chi connectivity index (χ2n) is 3.96. The van der Waals surface area contributed by atoms with E-state index in [1.165, 1.54) is 32.6 Å². The first-order valence-electron chi connectivity index (χ1n) is 5.12. The Morgan fingerprint density at radius 3 is 2.46 bits per heavy atom. The highest BCUT2D eigenvalue weighted by atomic mass is 15.3. The predicted molar refractivity (Wildman–Crippen MR) is 55.8 cm³/mol. The quantitative estimate of drug-likeness (QED) is 0.593. The zero-order chi connectivity index (χ0) is 9.10. The van der Waals surface area contributed by atoms with Crippen molar-refractivity contribution in [2.24, 2.45) is 0 Å². The third-order valence-electron chi connectivity index (χ3n) is 2.96. The maximum atomic E-state index is 2.58. The number of allylic oxidation sites excluding steroid dienone is 2. The van der Waals surface area contributed by atoms with E-state index in [0.29, 0.717) is 6.04 Å². The molecule has 0 N–H and O–H groups in total. The van der Waals surface area contributed by atoms with Crippen LogP contribution in [0.25, 0.3) is 0 Å². The topological polar surface area (TPSA) is 6.48 Å². The minimum Gasteiger partial charge on any atom is -0.304 e. The van der Waals surface area contributed by atoms with Gasteiger partial charge in [0.05, 0.1) is 0 Å². The summed E-state index contributed by atoms with van der Waals surface area (Å²) in [5.74, 6) is 0. The van der Waals surface area contributed by atoms with Gasteiger partial charge in [-0.15, -0.1) is 0 Å². The van der Waals surface area contributed by atoms with Crippen molar-refractivity contribution in [3.63, 3.8) is 0 Å². The molecule has 1 saturated heterocycles. The van der Waals surface area contributed by atoms with Crippen LogP contribution >= 0.6 is 0 Å². The molecule has 0 amide bonds. The molecule has 2 rings (SSSR count). The lowest BCUT2D eigenvalue weighted by molar-refractivity contribution is 0.130. The van der Waals surface area contributed by atoms with E-state index in [-0.39, 0.29) is 0 Å². The summed E-state index contributed by atoms with van der Waals surface area (Å²) < 4.78 is 0. The molecular weight excluding hydrogens is 160 g/mol. The minimum absolute atomic E-state index is 0.665. The molecule has 1 unspecified atom stereocenters. The molecule has 0 aromatic carbocycles. The number of piperazine rings is 1. The summed E-state index contributed by atoms with van der Waals surface area (Å²) in [6, 6.07) is 0.665. The van der Waals surface area contributed by atoms with E-state index in [2.05, 4.69) is 41.2 Å². The Labute approximate surface area is 80.5 Å². The van der Waals surface area contributed by atoms with Gasteiger partial charge in [-0.05, 0) is 13.5 Å². The summed E-state index contributed by atoms with van der Waals surface area (Å²) in [4.78, 5) is 4.99. The van der Waals surface area contributed by atoms with Gasteiger partial charge in [0.25, 0.3) is 0 Å². The van der Waals surface area contributed by atoms with Gasteiger partial charge in [0.1, 0.15) is 0 Å². The maximum Gasteiger partial charge on any atom is 0.0316 e. The molecule has 1 fully saturated rings. The molecule has 0 radical (unpaired) electrons. The molecule has 0 spiro atoms. The fraction of sp³-hybridized carbons (Fsp3) is 0.636. The summed E-state index contributed by atoms with van der Waals surface area (Å²) in [6.45, 7) is 4.88. The molecule has 0 aromatic rings. The van der Waals surface area contributed by atoms with Crippen molar-refractivity contribution in [1.82, 2.24) is 9.80 Å². The standard InChI is InChI=1S/C11H18N2/c1-12-7-9-13(10-8-12)11-5-3-2-4-6-11/h2-5,11H,6-10H2,1H3. The van der Waals surface area contributed by atoms with Crippen molar-refractivity contribution < 1.29 is 0 Å². The number of hydrogen-bond acceptors (Lipinski definition) is 2. The number of hydrogen-bond donors (Lipinski definition) is 0. The van der Waals surface area contributed by atoms with Crippen LogP contribution in [-0.2, 0) is 0 Å². The average Bonchev–Trinajstić information content (AvgIpc) is 2.20. The predicted octanol–water partition coefficient (Wildman–Crippen LogP) is 1.12. The molecule has 1 aliphatic heterocycles. The smallest absolute Gasteiger partial charge is 0.0316 e. The Hall–Kier alpha value is -0.600. The fourth-order valence-electron chi connectivity index (χ4n) is 1.99. The van der Waals surface area contributed by atoms with E-state index in [1.54, 1.807) is 0 Å². The Balaban J connectivity index is 1.87. The summed E-state index contributed by atoms with van der Waals surface area (Å²) in [6.07, 6.45) is 10.1. The lowest BCUT2D eigenvalue weighted by Crippen LogP contribution is -2.48. The van der Waals surface area contributed by atoms with E-state index in [1.807, 2.05) is 0 Å². The van der Waals surface area contributed by atoms with Gasteiger partial charge in [-0.1, -0.05) is 24.3 Å². The number of rotatable bonds is 1. The van der Waals surface area contributed by atoms with Crippen LogP contribution in [0.1, 0.15) is 6.42 Å². The molecule has 0 aromatic heterocycles. The van der Waals surface area contributed by atoms with Crippen molar-refractivity contribution in [3.05, 3.63) is 24.3 Å². The van der Waals surface area contributed by atoms with Crippen molar-refractivity contribution in [2.45, 2.75) is 12.5 Å². The molecular formula is C11H18N2. The van der Waals surface area contributed by atoms with Crippen LogP contribution in [0.15, 0.2) is 24.3 Å². The molecule has 0 bridgehead atoms. The van der Waals surface area contributed by atoms with Crippen molar-refractivity contribution >= 4 is 0 Å². The van der Waals surface area contributed by atoms with Crippen LogP contribution in [0.5, 0.6) is 0 Å². The minimum atomic E-state index is 0.665. The molecule has 2 nitrogen and oxygen atoms in total. The SMILES string of the molecule is CN1CCN(C2C=CC=CC2)CC1. The zero-order valence-electron chi connectivity index (χ0n) is 8.32. The summed E-state index contributed by atoms with van der Waals surface area (Å²) in [5.41, 5.74) is 0. The van der Waals surface area contributed by atoms with Crippen LogP contribution in [0.3, 0.4) is 0 Å². The number of nitrogens with zero attached hydrogens (tertiary/aromatic N) is 2. The summed E-state index contributed by atoms with van der Waals surface area (Å²) in [5, 5.41) is 0. The monoisotopic (exact) mass is 178 g/mol. The average molecular weight is 178 g/mol. The normalized spacial score (nSPS) is 31.0. The van der Waals surface area contributed by atoms with Gasteiger partial charge >= 0.3 is 0 Å². The Morgan fingerprint density at radius 2 is 1.85 bits per heavy atom. The van der Waals surface area contributed by atoms with E-state index >= 15 is 0 Å². The number of likely N-dealkylation sites (N-methyl/N-ethyl adjacent to an activating group) is 1. The molecule has 2 aliphatic rings. The van der Waals surface area contributed by atoms with E-state index in [0.717, 1.165) is 0 Å². The Bertz CT molecular complexity index is 212. The highest BCUT2D eigenvalue weighted by Gasteiger charge is 2.19. The lowest BCUT2D eigenvalue weighted by Gasteiger charge is -2.37.